The number of rotatable bonds is 7. The monoisotopic (exact) mass is 380 g/mol. The predicted octanol–water partition coefficient (Wildman–Crippen LogP) is 2.72. The average Bonchev–Trinajstić information content (AvgIpc) is 3.15. The number of H-pyrrole nitrogens is 1. The smallest absolute Gasteiger partial charge is 0.326 e. The molecule has 0 bridgehead atoms. The summed E-state index contributed by atoms with van der Waals surface area (Å²) < 4.78 is 10.3. The van der Waals surface area contributed by atoms with E-state index in [4.69, 9.17) is 9.47 Å². The number of nitrogens with one attached hydrogen (secondary N) is 2. The third kappa shape index (κ3) is 4.03. The molecule has 0 aliphatic heterocycles. The van der Waals surface area contributed by atoms with Crippen molar-refractivity contribution in [2.45, 2.75) is 13.0 Å². The Morgan fingerprint density at radius 2 is 1.75 bits per heavy atom. The maximum Gasteiger partial charge on any atom is 0.326 e. The summed E-state index contributed by atoms with van der Waals surface area (Å²) in [5, 5.41) is 3.23. The zero-order chi connectivity index (χ0) is 20.1. The molecule has 0 aliphatic rings. The topological polar surface area (TPSA) is 97.5 Å². The van der Waals surface area contributed by atoms with E-state index in [-0.39, 0.29) is 12.3 Å². The lowest BCUT2D eigenvalue weighted by Crippen LogP contribution is -2.34. The molecular formula is C21H20N2O5. The molecule has 0 saturated carbocycles. The molecule has 144 valence electrons. The van der Waals surface area contributed by atoms with Gasteiger partial charge in [-0.2, -0.15) is 0 Å². The summed E-state index contributed by atoms with van der Waals surface area (Å²) in [6, 6.07) is 14.0. The van der Waals surface area contributed by atoms with Gasteiger partial charge in [-0.25, -0.2) is 0 Å². The molecule has 1 heterocycles. The van der Waals surface area contributed by atoms with Gasteiger partial charge in [-0.1, -0.05) is 30.3 Å². The van der Waals surface area contributed by atoms with Crippen molar-refractivity contribution in [2.75, 3.05) is 13.7 Å². The molecule has 7 nitrogen and oxygen atoms in total. The molecule has 0 aliphatic carbocycles. The highest BCUT2D eigenvalue weighted by Gasteiger charge is 2.22. The van der Waals surface area contributed by atoms with Crippen LogP contribution >= 0.6 is 0 Å². The van der Waals surface area contributed by atoms with Gasteiger partial charge in [0.2, 0.25) is 5.78 Å². The molecule has 3 aromatic rings. The number of hydrogen-bond donors (Lipinski definition) is 2. The van der Waals surface area contributed by atoms with E-state index in [1.165, 1.54) is 14.0 Å². The number of benzene rings is 2. The van der Waals surface area contributed by atoms with E-state index in [0.717, 1.165) is 10.9 Å². The van der Waals surface area contributed by atoms with Gasteiger partial charge in [0.25, 0.3) is 5.91 Å². The third-order valence-corrected chi connectivity index (χ3v) is 4.28. The molecule has 2 N–H and O–H groups in total. The van der Waals surface area contributed by atoms with Gasteiger partial charge in [-0.15, -0.1) is 0 Å². The van der Waals surface area contributed by atoms with Crippen LogP contribution in [0.15, 0.2) is 54.7 Å². The standard InChI is InChI=1S/C21H20N2O5/c1-13(20(25)16-11-22-17-9-5-3-7-14(16)17)28-19(24)12-23-21(26)15-8-4-6-10-18(15)27-2/h3-11,13,22H,12H2,1-2H3,(H,23,26). The Kier molecular flexibility index (Phi) is 5.74. The summed E-state index contributed by atoms with van der Waals surface area (Å²) in [6.07, 6.45) is 0.621. The number of fused-ring (bicyclic) bond motifs is 1. The normalized spacial score (nSPS) is 11.6. The second kappa shape index (κ2) is 8.39. The Balaban J connectivity index is 1.58. The number of carbonyl (C=O) groups excluding carboxylic acids is 3. The largest absolute Gasteiger partial charge is 0.496 e. The molecule has 1 amide bonds. The van der Waals surface area contributed by atoms with Crippen molar-refractivity contribution in [1.29, 1.82) is 0 Å². The minimum atomic E-state index is -0.977. The minimum Gasteiger partial charge on any atom is -0.496 e. The quantitative estimate of drug-likeness (QED) is 0.485. The molecule has 1 aromatic heterocycles. The van der Waals surface area contributed by atoms with Crippen molar-refractivity contribution >= 4 is 28.6 Å². The first-order valence-corrected chi connectivity index (χ1v) is 8.72. The Hall–Kier alpha value is -3.61. The number of carbonyl (C=O) groups is 3. The highest BCUT2D eigenvalue weighted by Crippen LogP contribution is 2.20. The molecule has 0 fully saturated rings. The first-order chi connectivity index (χ1) is 13.5. The summed E-state index contributed by atoms with van der Waals surface area (Å²) in [6.45, 7) is 1.15. The van der Waals surface area contributed by atoms with Crippen LogP contribution < -0.4 is 10.1 Å². The summed E-state index contributed by atoms with van der Waals surface area (Å²) >= 11 is 0. The van der Waals surface area contributed by atoms with Gasteiger partial charge in [-0.3, -0.25) is 14.4 Å². The molecule has 28 heavy (non-hydrogen) atoms. The molecule has 2 aromatic carbocycles. The molecule has 0 saturated heterocycles. The van der Waals surface area contributed by atoms with Crippen LogP contribution in [-0.4, -0.2) is 42.4 Å². The molecule has 0 radical (unpaired) electrons. The molecule has 1 atom stereocenters. The fraction of sp³-hybridized carbons (Fsp3) is 0.190. The van der Waals surface area contributed by atoms with Crippen molar-refractivity contribution in [3.8, 4) is 5.75 Å². The van der Waals surface area contributed by atoms with E-state index < -0.39 is 18.0 Å². The van der Waals surface area contributed by atoms with Gasteiger partial charge < -0.3 is 19.8 Å². The number of methoxy groups -OCH3 is 1. The maximum absolute atomic E-state index is 12.6. The minimum absolute atomic E-state index is 0.306. The number of ether oxygens (including phenoxy) is 2. The molecule has 3 rings (SSSR count). The molecule has 1 unspecified atom stereocenters. The third-order valence-electron chi connectivity index (χ3n) is 4.28. The Labute approximate surface area is 161 Å². The van der Waals surface area contributed by atoms with Crippen LogP contribution in [0.1, 0.15) is 27.6 Å². The number of amides is 1. The average molecular weight is 380 g/mol. The lowest BCUT2D eigenvalue weighted by molar-refractivity contribution is -0.145. The van der Waals surface area contributed by atoms with Crippen LogP contribution in [0, 0.1) is 0 Å². The van der Waals surface area contributed by atoms with Crippen molar-refractivity contribution in [3.63, 3.8) is 0 Å². The van der Waals surface area contributed by atoms with E-state index in [9.17, 15) is 14.4 Å². The lowest BCUT2D eigenvalue weighted by atomic mass is 10.1. The number of ketones is 1. The summed E-state index contributed by atoms with van der Waals surface area (Å²) in [7, 11) is 1.46. The van der Waals surface area contributed by atoms with E-state index in [0.29, 0.717) is 16.9 Å². The van der Waals surface area contributed by atoms with E-state index in [1.807, 2.05) is 24.3 Å². The fourth-order valence-corrected chi connectivity index (χ4v) is 2.87. The van der Waals surface area contributed by atoms with Gasteiger partial charge in [-0.05, 0) is 25.1 Å². The summed E-state index contributed by atoms with van der Waals surface area (Å²) in [5.41, 5.74) is 1.59. The van der Waals surface area contributed by atoms with Gasteiger partial charge >= 0.3 is 5.97 Å². The summed E-state index contributed by atoms with van der Waals surface area (Å²) in [5.74, 6) is -1.09. The number of para-hydroxylation sites is 2. The lowest BCUT2D eigenvalue weighted by Gasteiger charge is -2.13. The van der Waals surface area contributed by atoms with Crippen LogP contribution in [0.2, 0.25) is 0 Å². The van der Waals surface area contributed by atoms with Gasteiger partial charge in [0.1, 0.15) is 12.3 Å². The van der Waals surface area contributed by atoms with Crippen molar-refractivity contribution in [2.24, 2.45) is 0 Å². The van der Waals surface area contributed by atoms with Crippen LogP contribution in [0.4, 0.5) is 0 Å². The van der Waals surface area contributed by atoms with E-state index in [2.05, 4.69) is 10.3 Å². The van der Waals surface area contributed by atoms with Crippen molar-refractivity contribution in [1.82, 2.24) is 10.3 Å². The molecule has 7 heteroatoms. The number of aromatic amines is 1. The van der Waals surface area contributed by atoms with Crippen LogP contribution in [-0.2, 0) is 9.53 Å². The van der Waals surface area contributed by atoms with Crippen molar-refractivity contribution in [3.05, 3.63) is 65.9 Å². The maximum atomic E-state index is 12.6. The van der Waals surface area contributed by atoms with Crippen molar-refractivity contribution < 1.29 is 23.9 Å². The van der Waals surface area contributed by atoms with Gasteiger partial charge in [0, 0.05) is 22.7 Å². The van der Waals surface area contributed by atoms with Crippen LogP contribution in [0.3, 0.4) is 0 Å². The highest BCUT2D eigenvalue weighted by molar-refractivity contribution is 6.10. The first-order valence-electron chi connectivity index (χ1n) is 8.72. The van der Waals surface area contributed by atoms with Gasteiger partial charge in [0.05, 0.1) is 12.7 Å². The second-order valence-corrected chi connectivity index (χ2v) is 6.13. The number of Topliss-reactive ketones (excluding diaryl/α,β-unsaturated/α-hetero) is 1. The van der Waals surface area contributed by atoms with Crippen LogP contribution in [0.5, 0.6) is 5.75 Å². The highest BCUT2D eigenvalue weighted by atomic mass is 16.5. The zero-order valence-corrected chi connectivity index (χ0v) is 15.5. The molecule has 0 spiro atoms. The zero-order valence-electron chi connectivity index (χ0n) is 15.5. The Morgan fingerprint density at radius 1 is 1.04 bits per heavy atom. The van der Waals surface area contributed by atoms with E-state index >= 15 is 0 Å². The number of esters is 1. The van der Waals surface area contributed by atoms with E-state index in [1.54, 1.807) is 30.5 Å². The Bertz CT molecular complexity index is 1020. The Morgan fingerprint density at radius 3 is 2.54 bits per heavy atom. The predicted molar refractivity (Wildman–Crippen MR) is 104 cm³/mol. The van der Waals surface area contributed by atoms with Gasteiger partial charge in [0.15, 0.2) is 6.10 Å². The first kappa shape index (κ1) is 19.2. The second-order valence-electron chi connectivity index (χ2n) is 6.13. The van der Waals surface area contributed by atoms with Crippen LogP contribution in [0.25, 0.3) is 10.9 Å². The number of aromatic nitrogens is 1. The SMILES string of the molecule is COc1ccccc1C(=O)NCC(=O)OC(C)C(=O)c1c[nH]c2ccccc12. The number of hydrogen-bond acceptors (Lipinski definition) is 5. The molecular weight excluding hydrogens is 360 g/mol. The fourth-order valence-electron chi connectivity index (χ4n) is 2.87. The summed E-state index contributed by atoms with van der Waals surface area (Å²) in [4.78, 5) is 39.9.